The number of nitriles is 1. The zero-order valence-electron chi connectivity index (χ0n) is 23.3. The van der Waals surface area contributed by atoms with Crippen molar-refractivity contribution in [2.24, 2.45) is 0 Å². The highest BCUT2D eigenvalue weighted by Crippen LogP contribution is 2.52. The number of carbonyl (C=O) groups excluding carboxylic acids is 1. The Bertz CT molecular complexity index is 1590. The predicted molar refractivity (Wildman–Crippen MR) is 149 cm³/mol. The van der Waals surface area contributed by atoms with Crippen LogP contribution < -0.4 is 0 Å². The van der Waals surface area contributed by atoms with E-state index < -0.39 is 40.9 Å². The maximum Gasteiger partial charge on any atom is 0.257 e. The molecule has 43 heavy (non-hydrogen) atoms. The summed E-state index contributed by atoms with van der Waals surface area (Å²) in [7, 11) is 0. The first-order valence-corrected chi connectivity index (χ1v) is 14.3. The standard InChI is InChI=1S/C31H29ClF2N4O5/c1-29(41,30(34)6-8-42-9-7-30)20-10-24-27(25(33)11-20)31(43-23-12-22(39)13-23,19-2-4-21(32)5-3-19)38(28(24)40)17-26-36-15-18(14-35)16-37-26/h2-5,10-11,15-16,22-23,39,41H,6-9,12-13,17H2,1H3/t22?,23?,29-,31-/m1/s1. The third kappa shape index (κ3) is 4.87. The van der Waals surface area contributed by atoms with Gasteiger partial charge in [0.25, 0.3) is 5.91 Å². The third-order valence-corrected chi connectivity index (χ3v) is 9.03. The first kappa shape index (κ1) is 29.5. The van der Waals surface area contributed by atoms with Crippen LogP contribution in [0.2, 0.25) is 5.02 Å². The van der Waals surface area contributed by atoms with Gasteiger partial charge in [0.2, 0.25) is 5.72 Å². The number of hydrogen-bond acceptors (Lipinski definition) is 8. The van der Waals surface area contributed by atoms with Crippen LogP contribution in [0.4, 0.5) is 8.78 Å². The SMILES string of the molecule is C[C@@](O)(c1cc(F)c2c(c1)C(=O)N(Cc1ncc(C#N)cn1)[C@@]2(OC1CC(O)C1)c1ccc(Cl)cc1)C1(F)CCOCC1. The van der Waals surface area contributed by atoms with E-state index in [0.29, 0.717) is 10.6 Å². The summed E-state index contributed by atoms with van der Waals surface area (Å²) in [5.41, 5.74) is -5.84. The molecule has 3 heterocycles. The molecule has 1 aliphatic carbocycles. The molecule has 1 amide bonds. The van der Waals surface area contributed by atoms with Crippen LogP contribution in [0, 0.1) is 17.1 Å². The maximum absolute atomic E-state index is 16.6. The zero-order chi connectivity index (χ0) is 30.6. The number of hydrogen-bond donors (Lipinski definition) is 2. The number of aromatic nitrogens is 2. The van der Waals surface area contributed by atoms with E-state index in [2.05, 4.69) is 9.97 Å². The number of aliphatic hydroxyl groups excluding tert-OH is 1. The van der Waals surface area contributed by atoms with Crippen LogP contribution in [-0.2, 0) is 27.3 Å². The fraction of sp³-hybridized carbons (Fsp3) is 0.419. The highest BCUT2D eigenvalue weighted by molar-refractivity contribution is 6.30. The molecule has 2 atom stereocenters. The van der Waals surface area contributed by atoms with Gasteiger partial charge in [-0.3, -0.25) is 9.69 Å². The lowest BCUT2D eigenvalue weighted by molar-refractivity contribution is -0.191. The van der Waals surface area contributed by atoms with Crippen LogP contribution in [0.15, 0.2) is 48.8 Å². The molecule has 224 valence electrons. The largest absolute Gasteiger partial charge is 0.393 e. The number of alkyl halides is 1. The van der Waals surface area contributed by atoms with Crippen molar-refractivity contribution in [1.29, 1.82) is 5.26 Å². The monoisotopic (exact) mass is 610 g/mol. The topological polar surface area (TPSA) is 129 Å². The second-order valence-electron chi connectivity index (χ2n) is 11.4. The van der Waals surface area contributed by atoms with Crippen molar-refractivity contribution in [1.82, 2.24) is 14.9 Å². The molecule has 2 fully saturated rings. The molecule has 3 aliphatic rings. The van der Waals surface area contributed by atoms with Gasteiger partial charge in [0, 0.05) is 49.0 Å². The molecule has 0 radical (unpaired) electrons. The summed E-state index contributed by atoms with van der Waals surface area (Å²) in [4.78, 5) is 24.0. The molecule has 1 saturated heterocycles. The summed E-state index contributed by atoms with van der Waals surface area (Å²) in [5, 5.41) is 31.1. The highest BCUT2D eigenvalue weighted by Gasteiger charge is 2.58. The van der Waals surface area contributed by atoms with E-state index in [9.17, 15) is 20.3 Å². The van der Waals surface area contributed by atoms with Gasteiger partial charge in [-0.05, 0) is 49.6 Å². The van der Waals surface area contributed by atoms with Gasteiger partial charge < -0.3 is 19.7 Å². The lowest BCUT2D eigenvalue weighted by Gasteiger charge is -2.45. The minimum atomic E-state index is -2.14. The number of carbonyl (C=O) groups is 1. The van der Waals surface area contributed by atoms with Crippen molar-refractivity contribution in [2.45, 2.75) is 68.4 Å². The van der Waals surface area contributed by atoms with E-state index in [0.717, 1.165) is 6.07 Å². The first-order chi connectivity index (χ1) is 20.5. The normalized spacial score (nSPS) is 25.9. The Hall–Kier alpha value is -3.53. The number of benzene rings is 2. The van der Waals surface area contributed by atoms with Crippen molar-refractivity contribution in [3.05, 3.63) is 93.3 Å². The van der Waals surface area contributed by atoms with E-state index in [-0.39, 0.29) is 73.5 Å². The lowest BCUT2D eigenvalue weighted by Crippen LogP contribution is -2.52. The number of nitrogens with zero attached hydrogens (tertiary/aromatic N) is 4. The minimum absolute atomic E-state index is 0.0953. The first-order valence-electron chi connectivity index (χ1n) is 14.0. The van der Waals surface area contributed by atoms with Crippen LogP contribution in [0.25, 0.3) is 0 Å². The Labute approximate surface area is 251 Å². The predicted octanol–water partition coefficient (Wildman–Crippen LogP) is 4.26. The molecule has 12 heteroatoms. The zero-order valence-corrected chi connectivity index (χ0v) is 24.0. The van der Waals surface area contributed by atoms with Crippen molar-refractivity contribution in [3.63, 3.8) is 0 Å². The quantitative estimate of drug-likeness (QED) is 0.406. The molecule has 2 aliphatic heterocycles. The summed E-state index contributed by atoms with van der Waals surface area (Å²) < 4.78 is 44.6. The average Bonchev–Trinajstić information content (AvgIpc) is 3.21. The van der Waals surface area contributed by atoms with E-state index in [1.807, 2.05) is 6.07 Å². The Morgan fingerprint density at radius 2 is 1.86 bits per heavy atom. The van der Waals surface area contributed by atoms with Gasteiger partial charge >= 0.3 is 0 Å². The minimum Gasteiger partial charge on any atom is -0.393 e. The fourth-order valence-electron chi connectivity index (χ4n) is 6.13. The highest BCUT2D eigenvalue weighted by atomic mass is 35.5. The Balaban J connectivity index is 1.54. The van der Waals surface area contributed by atoms with Crippen LogP contribution >= 0.6 is 11.6 Å². The van der Waals surface area contributed by atoms with Gasteiger partial charge in [0.05, 0.1) is 35.4 Å². The fourth-order valence-corrected chi connectivity index (χ4v) is 6.25. The van der Waals surface area contributed by atoms with Crippen molar-refractivity contribution in [2.75, 3.05) is 13.2 Å². The Kier molecular flexibility index (Phi) is 7.47. The van der Waals surface area contributed by atoms with E-state index in [1.54, 1.807) is 24.3 Å². The van der Waals surface area contributed by atoms with Crippen LogP contribution in [0.5, 0.6) is 0 Å². The molecule has 0 unspecified atom stereocenters. The smallest absolute Gasteiger partial charge is 0.257 e. The van der Waals surface area contributed by atoms with Gasteiger partial charge in [-0.15, -0.1) is 0 Å². The van der Waals surface area contributed by atoms with E-state index in [4.69, 9.17) is 21.1 Å². The number of halogens is 3. The summed E-state index contributed by atoms with van der Waals surface area (Å²) in [6, 6.07) is 10.7. The summed E-state index contributed by atoms with van der Waals surface area (Å²) in [6.45, 7) is 1.23. The van der Waals surface area contributed by atoms with E-state index >= 15 is 8.78 Å². The summed E-state index contributed by atoms with van der Waals surface area (Å²) in [6.07, 6.45) is 1.81. The van der Waals surface area contributed by atoms with Crippen molar-refractivity contribution >= 4 is 17.5 Å². The van der Waals surface area contributed by atoms with Crippen LogP contribution in [0.3, 0.4) is 0 Å². The van der Waals surface area contributed by atoms with Gasteiger partial charge in [-0.1, -0.05) is 23.7 Å². The lowest BCUT2D eigenvalue weighted by atomic mass is 9.75. The number of amides is 1. The van der Waals surface area contributed by atoms with Crippen molar-refractivity contribution < 1.29 is 33.3 Å². The third-order valence-electron chi connectivity index (χ3n) is 8.78. The Morgan fingerprint density at radius 1 is 1.21 bits per heavy atom. The molecular formula is C31H29ClF2N4O5. The molecule has 6 rings (SSSR count). The van der Waals surface area contributed by atoms with Crippen LogP contribution in [0.1, 0.15) is 71.0 Å². The number of ether oxygens (including phenoxy) is 2. The number of aliphatic hydroxyl groups is 2. The molecule has 0 spiro atoms. The molecule has 1 aromatic heterocycles. The second-order valence-corrected chi connectivity index (χ2v) is 11.9. The Morgan fingerprint density at radius 3 is 2.47 bits per heavy atom. The molecule has 0 bridgehead atoms. The molecule has 9 nitrogen and oxygen atoms in total. The molecule has 2 aromatic carbocycles. The van der Waals surface area contributed by atoms with Gasteiger partial charge in [0.1, 0.15) is 29.0 Å². The van der Waals surface area contributed by atoms with Gasteiger partial charge in [-0.25, -0.2) is 18.7 Å². The van der Waals surface area contributed by atoms with E-state index in [1.165, 1.54) is 30.3 Å². The number of rotatable bonds is 7. The molecule has 3 aromatic rings. The molecule has 1 saturated carbocycles. The van der Waals surface area contributed by atoms with Crippen LogP contribution in [-0.4, -0.2) is 62.1 Å². The summed E-state index contributed by atoms with van der Waals surface area (Å²) >= 11 is 6.19. The van der Waals surface area contributed by atoms with Crippen molar-refractivity contribution in [3.8, 4) is 6.07 Å². The molecule has 2 N–H and O–H groups in total. The number of fused-ring (bicyclic) bond motifs is 1. The molecular weight excluding hydrogens is 582 g/mol. The maximum atomic E-state index is 16.6. The summed E-state index contributed by atoms with van der Waals surface area (Å²) in [5.74, 6) is -1.38. The average molecular weight is 611 g/mol. The van der Waals surface area contributed by atoms with Gasteiger partial charge in [0.15, 0.2) is 0 Å². The second kappa shape index (κ2) is 10.9. The van der Waals surface area contributed by atoms with Gasteiger partial charge in [-0.2, -0.15) is 5.26 Å².